The van der Waals surface area contributed by atoms with Gasteiger partial charge in [0.1, 0.15) is 11.6 Å². The minimum atomic E-state index is -0.0356. The summed E-state index contributed by atoms with van der Waals surface area (Å²) in [7, 11) is 1.93. The summed E-state index contributed by atoms with van der Waals surface area (Å²) in [5.74, 6) is 1.96. The molecule has 4 heterocycles. The Morgan fingerprint density at radius 2 is 1.77 bits per heavy atom. The molecule has 1 saturated carbocycles. The summed E-state index contributed by atoms with van der Waals surface area (Å²) in [5, 5.41) is 4.30. The average molecular weight is 422 g/mol. The third kappa shape index (κ3) is 4.01. The number of aromatic nitrogens is 6. The number of rotatable bonds is 3. The highest BCUT2D eigenvalue weighted by atomic mass is 16.5. The fourth-order valence-corrected chi connectivity index (χ4v) is 4.72. The first-order valence-corrected chi connectivity index (χ1v) is 11.4. The lowest BCUT2D eigenvalue weighted by Gasteiger charge is -2.33. The summed E-state index contributed by atoms with van der Waals surface area (Å²) in [5.41, 5.74) is 5.63. The summed E-state index contributed by atoms with van der Waals surface area (Å²) in [6, 6.07) is 0. The Bertz CT molecular complexity index is 1090. The third-order valence-corrected chi connectivity index (χ3v) is 6.81. The number of nitrogens with zero attached hydrogens (tertiary/aromatic N) is 7. The van der Waals surface area contributed by atoms with Gasteiger partial charge in [-0.3, -0.25) is 4.68 Å². The summed E-state index contributed by atoms with van der Waals surface area (Å²) in [6.07, 6.45) is 8.65. The van der Waals surface area contributed by atoms with Gasteiger partial charge in [0.2, 0.25) is 5.95 Å². The van der Waals surface area contributed by atoms with Gasteiger partial charge < -0.3 is 9.64 Å². The third-order valence-electron chi connectivity index (χ3n) is 6.81. The lowest BCUT2D eigenvalue weighted by Crippen LogP contribution is -2.39. The zero-order valence-corrected chi connectivity index (χ0v) is 18.9. The molecule has 5 rings (SSSR count). The monoisotopic (exact) mass is 421 g/mol. The smallest absolute Gasteiger partial charge is 0.227 e. The molecule has 0 aromatic carbocycles. The fraction of sp³-hybridized carbons (Fsp3) is 0.609. The van der Waals surface area contributed by atoms with Crippen LogP contribution in [-0.2, 0) is 11.8 Å². The topological polar surface area (TPSA) is 81.9 Å². The predicted octanol–water partition coefficient (Wildman–Crippen LogP) is 3.64. The molecule has 0 radical (unpaired) electrons. The molecule has 3 aromatic rings. The Labute approximate surface area is 183 Å². The summed E-state index contributed by atoms with van der Waals surface area (Å²) in [6.45, 7) is 8.47. The molecule has 31 heavy (non-hydrogen) atoms. The van der Waals surface area contributed by atoms with Gasteiger partial charge in [-0.1, -0.05) is 19.8 Å². The largest absolute Gasteiger partial charge is 0.370 e. The van der Waals surface area contributed by atoms with Crippen LogP contribution in [0, 0.1) is 19.8 Å². The van der Waals surface area contributed by atoms with Gasteiger partial charge in [0, 0.05) is 31.3 Å². The minimum absolute atomic E-state index is 0.0356. The standard InChI is InChI=1S/C23H31N7O/c1-14-5-7-17(8-6-14)20-21-22(26-16(3)15(2)25-21)28-23(27-20)30-9-10-31-19(13-30)18-11-24-29(4)12-18/h11-12,14,17,19H,5-10,13H2,1-4H3/t14-,17-,19-/m1/s1. The van der Waals surface area contributed by atoms with Crippen LogP contribution in [-0.4, -0.2) is 49.4 Å². The molecule has 8 nitrogen and oxygen atoms in total. The van der Waals surface area contributed by atoms with E-state index in [2.05, 4.69) is 16.9 Å². The zero-order chi connectivity index (χ0) is 21.5. The maximum Gasteiger partial charge on any atom is 0.227 e. The molecule has 8 heteroatoms. The van der Waals surface area contributed by atoms with Crippen LogP contribution in [0.2, 0.25) is 0 Å². The highest BCUT2D eigenvalue weighted by Gasteiger charge is 2.29. The first-order valence-electron chi connectivity index (χ1n) is 11.4. The van der Waals surface area contributed by atoms with Crippen LogP contribution < -0.4 is 4.90 Å². The SMILES string of the molecule is Cc1nc2nc(N3CCO[C@@H](c4cnn(C)c4)C3)nc([C@H]3CC[C@H](C)CC3)c2nc1C. The number of fused-ring (bicyclic) bond motifs is 1. The predicted molar refractivity (Wildman–Crippen MR) is 119 cm³/mol. The first kappa shape index (κ1) is 20.3. The van der Waals surface area contributed by atoms with E-state index in [4.69, 9.17) is 24.7 Å². The lowest BCUT2D eigenvalue weighted by atomic mass is 9.81. The van der Waals surface area contributed by atoms with Crippen LogP contribution in [0.4, 0.5) is 5.95 Å². The van der Waals surface area contributed by atoms with Crippen molar-refractivity contribution in [2.24, 2.45) is 13.0 Å². The lowest BCUT2D eigenvalue weighted by molar-refractivity contribution is 0.0392. The van der Waals surface area contributed by atoms with Gasteiger partial charge in [0.15, 0.2) is 5.65 Å². The van der Waals surface area contributed by atoms with E-state index in [0.29, 0.717) is 24.7 Å². The number of morpholine rings is 1. The molecule has 3 aromatic heterocycles. The van der Waals surface area contributed by atoms with Gasteiger partial charge in [0.05, 0.1) is 36.4 Å². The number of anilines is 1. The minimum Gasteiger partial charge on any atom is -0.370 e. The van der Waals surface area contributed by atoms with Gasteiger partial charge in [-0.25, -0.2) is 15.0 Å². The van der Waals surface area contributed by atoms with Crippen molar-refractivity contribution in [3.8, 4) is 0 Å². The van der Waals surface area contributed by atoms with Gasteiger partial charge in [-0.15, -0.1) is 0 Å². The van der Waals surface area contributed by atoms with Crippen molar-refractivity contribution in [1.29, 1.82) is 0 Å². The Kier molecular flexibility index (Phi) is 5.33. The number of hydrogen-bond acceptors (Lipinski definition) is 7. The van der Waals surface area contributed by atoms with E-state index in [0.717, 1.165) is 59.4 Å². The Morgan fingerprint density at radius 3 is 2.52 bits per heavy atom. The molecule has 1 aliphatic heterocycles. The van der Waals surface area contributed by atoms with Crippen molar-refractivity contribution in [2.45, 2.75) is 58.5 Å². The summed E-state index contributed by atoms with van der Waals surface area (Å²) in [4.78, 5) is 21.9. The molecule has 164 valence electrons. The van der Waals surface area contributed by atoms with Gasteiger partial charge in [-0.2, -0.15) is 10.1 Å². The highest BCUT2D eigenvalue weighted by molar-refractivity contribution is 5.75. The normalized spacial score (nSPS) is 24.6. The molecule has 0 N–H and O–H groups in total. The number of hydrogen-bond donors (Lipinski definition) is 0. The van der Waals surface area contributed by atoms with E-state index in [1.54, 1.807) is 0 Å². The summed E-state index contributed by atoms with van der Waals surface area (Å²) < 4.78 is 7.84. The molecule has 1 atom stereocenters. The Balaban J connectivity index is 1.53. The van der Waals surface area contributed by atoms with Crippen LogP contribution in [0.1, 0.15) is 67.3 Å². The fourth-order valence-electron chi connectivity index (χ4n) is 4.72. The van der Waals surface area contributed by atoms with E-state index in [-0.39, 0.29) is 6.10 Å². The van der Waals surface area contributed by atoms with Crippen molar-refractivity contribution in [1.82, 2.24) is 29.7 Å². The van der Waals surface area contributed by atoms with Crippen LogP contribution in [0.5, 0.6) is 0 Å². The molecule has 0 spiro atoms. The number of aryl methyl sites for hydroxylation is 3. The molecular weight excluding hydrogens is 390 g/mol. The van der Waals surface area contributed by atoms with Crippen molar-refractivity contribution < 1.29 is 4.74 Å². The first-order chi connectivity index (χ1) is 15.0. The maximum atomic E-state index is 6.03. The van der Waals surface area contributed by atoms with Crippen LogP contribution in [0.25, 0.3) is 11.2 Å². The van der Waals surface area contributed by atoms with Gasteiger partial charge >= 0.3 is 0 Å². The second kappa shape index (κ2) is 8.15. The van der Waals surface area contributed by atoms with Crippen LogP contribution >= 0.6 is 0 Å². The molecule has 1 saturated heterocycles. The number of ether oxygens (including phenoxy) is 1. The molecule has 0 bridgehead atoms. The van der Waals surface area contributed by atoms with E-state index in [1.165, 1.54) is 12.8 Å². The van der Waals surface area contributed by atoms with Gasteiger partial charge in [-0.05, 0) is 32.6 Å². The Morgan fingerprint density at radius 1 is 1.00 bits per heavy atom. The molecule has 0 unspecified atom stereocenters. The van der Waals surface area contributed by atoms with Crippen molar-refractivity contribution >= 4 is 17.1 Å². The van der Waals surface area contributed by atoms with E-state index >= 15 is 0 Å². The van der Waals surface area contributed by atoms with Crippen LogP contribution in [0.15, 0.2) is 12.4 Å². The quantitative estimate of drug-likeness (QED) is 0.638. The summed E-state index contributed by atoms with van der Waals surface area (Å²) >= 11 is 0. The molecular formula is C23H31N7O. The van der Waals surface area contributed by atoms with Crippen molar-refractivity contribution in [3.63, 3.8) is 0 Å². The highest BCUT2D eigenvalue weighted by Crippen LogP contribution is 2.37. The van der Waals surface area contributed by atoms with E-state index in [1.807, 2.05) is 38.0 Å². The molecule has 2 aliphatic rings. The van der Waals surface area contributed by atoms with Crippen molar-refractivity contribution in [2.75, 3.05) is 24.6 Å². The van der Waals surface area contributed by atoms with E-state index in [9.17, 15) is 0 Å². The average Bonchev–Trinajstić information content (AvgIpc) is 3.21. The maximum absolute atomic E-state index is 6.03. The molecule has 1 aliphatic carbocycles. The second-order valence-corrected chi connectivity index (χ2v) is 9.19. The molecule has 0 amide bonds. The van der Waals surface area contributed by atoms with Gasteiger partial charge in [0.25, 0.3) is 0 Å². The second-order valence-electron chi connectivity index (χ2n) is 9.19. The van der Waals surface area contributed by atoms with E-state index < -0.39 is 0 Å². The Hall–Kier alpha value is -2.61. The molecule has 2 fully saturated rings. The van der Waals surface area contributed by atoms with Crippen LogP contribution in [0.3, 0.4) is 0 Å². The van der Waals surface area contributed by atoms with Crippen molar-refractivity contribution in [3.05, 3.63) is 35.0 Å². The zero-order valence-electron chi connectivity index (χ0n) is 18.9.